The van der Waals surface area contributed by atoms with Crippen molar-refractivity contribution < 1.29 is 9.18 Å². The van der Waals surface area contributed by atoms with Gasteiger partial charge in [-0.3, -0.25) is 4.79 Å². The summed E-state index contributed by atoms with van der Waals surface area (Å²) in [4.78, 5) is 11.1. The third-order valence-corrected chi connectivity index (χ3v) is 2.30. The molecule has 0 spiro atoms. The minimum absolute atomic E-state index is 0.0806. The molecule has 0 saturated heterocycles. The highest BCUT2D eigenvalue weighted by molar-refractivity contribution is 5.98. The second kappa shape index (κ2) is 6.85. The number of carbonyl (C=O) groups is 1. The van der Waals surface area contributed by atoms with Crippen molar-refractivity contribution >= 4 is 11.6 Å². The zero-order valence-corrected chi connectivity index (χ0v) is 9.92. The Balaban J connectivity index is 2.58. The van der Waals surface area contributed by atoms with Crippen LogP contribution < -0.4 is 16.4 Å². The molecule has 0 aliphatic heterocycles. The van der Waals surface area contributed by atoms with Crippen LogP contribution in [-0.4, -0.2) is 25.5 Å². The Bertz CT molecular complexity index is 382. The molecule has 1 amide bonds. The Morgan fingerprint density at radius 2 is 2.12 bits per heavy atom. The third kappa shape index (κ3) is 4.03. The minimum Gasteiger partial charge on any atom is -0.383 e. The number of halogens is 1. The summed E-state index contributed by atoms with van der Waals surface area (Å²) < 4.78 is 13.4. The van der Waals surface area contributed by atoms with Crippen molar-refractivity contribution in [2.24, 2.45) is 5.73 Å². The molecule has 0 bridgehead atoms. The number of amides is 1. The molecule has 94 valence electrons. The molecule has 1 rings (SSSR count). The second-order valence-electron chi connectivity index (χ2n) is 3.70. The summed E-state index contributed by atoms with van der Waals surface area (Å²) >= 11 is 0. The lowest BCUT2D eigenvalue weighted by molar-refractivity contribution is 0.0997. The largest absolute Gasteiger partial charge is 0.383 e. The molecule has 0 unspecified atom stereocenters. The van der Waals surface area contributed by atoms with Gasteiger partial charge in [0, 0.05) is 18.8 Å². The summed E-state index contributed by atoms with van der Waals surface area (Å²) in [6, 6.07) is 4.41. The van der Waals surface area contributed by atoms with Crippen molar-refractivity contribution in [1.29, 1.82) is 0 Å². The van der Waals surface area contributed by atoms with E-state index in [0.29, 0.717) is 12.2 Å². The number of anilines is 1. The maximum Gasteiger partial charge on any atom is 0.253 e. The number of carbonyl (C=O) groups excluding carboxylic acids is 1. The predicted octanol–water partition coefficient (Wildman–Crippen LogP) is 1.34. The average molecular weight is 239 g/mol. The van der Waals surface area contributed by atoms with Crippen molar-refractivity contribution in [2.75, 3.05) is 25.0 Å². The van der Waals surface area contributed by atoms with E-state index in [1.807, 2.05) is 0 Å². The molecular formula is C12H18FN3O. The lowest BCUT2D eigenvalue weighted by Gasteiger charge is -2.10. The van der Waals surface area contributed by atoms with Crippen LogP contribution in [-0.2, 0) is 0 Å². The lowest BCUT2D eigenvalue weighted by atomic mass is 10.1. The number of benzene rings is 1. The van der Waals surface area contributed by atoms with Gasteiger partial charge in [0.15, 0.2) is 0 Å². The van der Waals surface area contributed by atoms with Crippen LogP contribution in [0.4, 0.5) is 10.1 Å². The zero-order chi connectivity index (χ0) is 12.7. The van der Waals surface area contributed by atoms with Crippen LogP contribution in [0.15, 0.2) is 18.2 Å². The van der Waals surface area contributed by atoms with E-state index in [1.54, 1.807) is 12.1 Å². The third-order valence-electron chi connectivity index (χ3n) is 2.30. The molecule has 0 atom stereocenters. The van der Waals surface area contributed by atoms with Gasteiger partial charge in [0.25, 0.3) is 5.91 Å². The Morgan fingerprint density at radius 3 is 2.76 bits per heavy atom. The molecular weight excluding hydrogens is 221 g/mol. The topological polar surface area (TPSA) is 67.2 Å². The van der Waals surface area contributed by atoms with Gasteiger partial charge >= 0.3 is 0 Å². The summed E-state index contributed by atoms with van der Waals surface area (Å²) in [5, 5.41) is 6.19. The van der Waals surface area contributed by atoms with Gasteiger partial charge in [-0.1, -0.05) is 13.0 Å². The van der Waals surface area contributed by atoms with Crippen LogP contribution in [0.5, 0.6) is 0 Å². The molecule has 0 aliphatic rings. The van der Waals surface area contributed by atoms with E-state index in [1.165, 1.54) is 6.07 Å². The molecule has 0 fully saturated rings. The Morgan fingerprint density at radius 1 is 1.35 bits per heavy atom. The molecule has 17 heavy (non-hydrogen) atoms. The normalized spacial score (nSPS) is 10.2. The maximum absolute atomic E-state index is 13.4. The number of hydrogen-bond acceptors (Lipinski definition) is 3. The van der Waals surface area contributed by atoms with Gasteiger partial charge in [0.05, 0.1) is 5.56 Å². The number of rotatable bonds is 7. The number of nitrogens with one attached hydrogen (secondary N) is 2. The highest BCUT2D eigenvalue weighted by Crippen LogP contribution is 2.17. The first-order chi connectivity index (χ1) is 8.16. The van der Waals surface area contributed by atoms with Crippen LogP contribution >= 0.6 is 0 Å². The molecule has 0 radical (unpaired) electrons. The van der Waals surface area contributed by atoms with Gasteiger partial charge in [-0.25, -0.2) is 4.39 Å². The number of primary amides is 1. The Kier molecular flexibility index (Phi) is 5.42. The maximum atomic E-state index is 13.4. The monoisotopic (exact) mass is 239 g/mol. The van der Waals surface area contributed by atoms with E-state index in [-0.39, 0.29) is 5.56 Å². The van der Waals surface area contributed by atoms with Gasteiger partial charge in [0.2, 0.25) is 0 Å². The van der Waals surface area contributed by atoms with Crippen molar-refractivity contribution in [3.8, 4) is 0 Å². The molecule has 5 heteroatoms. The number of hydrogen-bond donors (Lipinski definition) is 3. The van der Waals surface area contributed by atoms with Crippen LogP contribution in [0.2, 0.25) is 0 Å². The van der Waals surface area contributed by atoms with E-state index < -0.39 is 11.7 Å². The Hall–Kier alpha value is -1.62. The van der Waals surface area contributed by atoms with Crippen molar-refractivity contribution in [1.82, 2.24) is 5.32 Å². The molecule has 0 saturated carbocycles. The Labute approximate surface area is 100 Å². The van der Waals surface area contributed by atoms with E-state index in [0.717, 1.165) is 19.5 Å². The quantitative estimate of drug-likeness (QED) is 0.629. The van der Waals surface area contributed by atoms with Crippen LogP contribution in [0, 0.1) is 5.82 Å². The van der Waals surface area contributed by atoms with E-state index in [9.17, 15) is 9.18 Å². The highest BCUT2D eigenvalue weighted by atomic mass is 19.1. The summed E-state index contributed by atoms with van der Waals surface area (Å²) in [5.41, 5.74) is 5.49. The first kappa shape index (κ1) is 13.4. The van der Waals surface area contributed by atoms with Crippen molar-refractivity contribution in [3.05, 3.63) is 29.6 Å². The first-order valence-corrected chi connectivity index (χ1v) is 5.69. The molecule has 1 aromatic rings. The van der Waals surface area contributed by atoms with Gasteiger partial charge < -0.3 is 16.4 Å². The minimum atomic E-state index is -0.757. The van der Waals surface area contributed by atoms with E-state index in [2.05, 4.69) is 17.6 Å². The highest BCUT2D eigenvalue weighted by Gasteiger charge is 2.12. The van der Waals surface area contributed by atoms with Gasteiger partial charge in [-0.15, -0.1) is 0 Å². The molecule has 4 nitrogen and oxygen atoms in total. The summed E-state index contributed by atoms with van der Waals surface area (Å²) in [6.45, 7) is 4.39. The fourth-order valence-corrected chi connectivity index (χ4v) is 1.51. The molecule has 4 N–H and O–H groups in total. The second-order valence-corrected chi connectivity index (χ2v) is 3.70. The van der Waals surface area contributed by atoms with Crippen molar-refractivity contribution in [2.45, 2.75) is 13.3 Å². The smallest absolute Gasteiger partial charge is 0.253 e. The van der Waals surface area contributed by atoms with Crippen LogP contribution in [0.3, 0.4) is 0 Å². The molecule has 0 aliphatic carbocycles. The molecule has 1 aromatic carbocycles. The summed E-state index contributed by atoms with van der Waals surface area (Å²) in [7, 11) is 0. The zero-order valence-electron chi connectivity index (χ0n) is 9.92. The molecule has 0 heterocycles. The summed E-state index contributed by atoms with van der Waals surface area (Å²) in [6.07, 6.45) is 1.06. The lowest BCUT2D eigenvalue weighted by Crippen LogP contribution is -2.24. The van der Waals surface area contributed by atoms with E-state index in [4.69, 9.17) is 5.73 Å². The predicted molar refractivity (Wildman–Crippen MR) is 66.6 cm³/mol. The van der Waals surface area contributed by atoms with E-state index >= 15 is 0 Å². The molecule has 0 aromatic heterocycles. The van der Waals surface area contributed by atoms with Gasteiger partial charge in [-0.2, -0.15) is 0 Å². The standard InChI is InChI=1S/C12H18FN3O/c1-2-6-15-7-8-16-10-5-3-4-9(13)11(10)12(14)17/h3-5,15-16H,2,6-8H2,1H3,(H2,14,17). The van der Waals surface area contributed by atoms with Crippen LogP contribution in [0.1, 0.15) is 23.7 Å². The fourth-order valence-electron chi connectivity index (χ4n) is 1.51. The number of nitrogens with two attached hydrogens (primary N) is 1. The summed E-state index contributed by atoms with van der Waals surface area (Å²) in [5.74, 6) is -1.35. The SMILES string of the molecule is CCCNCCNc1cccc(F)c1C(N)=O. The van der Waals surface area contributed by atoms with Crippen molar-refractivity contribution in [3.63, 3.8) is 0 Å². The van der Waals surface area contributed by atoms with Gasteiger partial charge in [-0.05, 0) is 25.1 Å². The fraction of sp³-hybridized carbons (Fsp3) is 0.417. The van der Waals surface area contributed by atoms with Gasteiger partial charge in [0.1, 0.15) is 5.82 Å². The van der Waals surface area contributed by atoms with Crippen LogP contribution in [0.25, 0.3) is 0 Å². The average Bonchev–Trinajstić information content (AvgIpc) is 2.28. The first-order valence-electron chi connectivity index (χ1n) is 5.69.